The molecule has 22 heavy (non-hydrogen) atoms. The van der Waals surface area contributed by atoms with Crippen LogP contribution >= 0.6 is 0 Å². The molecule has 0 unspecified atom stereocenters. The lowest BCUT2D eigenvalue weighted by Gasteiger charge is -2.25. The normalized spacial score (nSPS) is 16.5. The Morgan fingerprint density at radius 2 is 2.00 bits per heavy atom. The summed E-state index contributed by atoms with van der Waals surface area (Å²) in [5.74, 6) is -0.353. The highest BCUT2D eigenvalue weighted by Gasteiger charge is 2.40. The van der Waals surface area contributed by atoms with Crippen molar-refractivity contribution in [3.8, 4) is 0 Å². The molecular formula is C16H16N2O3S. The first-order valence-corrected chi connectivity index (χ1v) is 8.37. The zero-order valence-electron chi connectivity index (χ0n) is 12.1. The summed E-state index contributed by atoms with van der Waals surface area (Å²) in [7, 11) is -3.72. The Morgan fingerprint density at radius 3 is 2.68 bits per heavy atom. The first kappa shape index (κ1) is 14.6. The van der Waals surface area contributed by atoms with E-state index in [9.17, 15) is 13.2 Å². The smallest absolute Gasteiger partial charge is 0.265 e. The summed E-state index contributed by atoms with van der Waals surface area (Å²) >= 11 is 0. The minimum absolute atomic E-state index is 0.254. The van der Waals surface area contributed by atoms with Crippen LogP contribution in [0.1, 0.15) is 6.92 Å². The van der Waals surface area contributed by atoms with Gasteiger partial charge in [-0.05, 0) is 24.4 Å². The monoisotopic (exact) mass is 316 g/mol. The van der Waals surface area contributed by atoms with Gasteiger partial charge in [0.05, 0.1) is 10.6 Å². The fraction of sp³-hybridized carbons (Fsp3) is 0.188. The van der Waals surface area contributed by atoms with Crippen molar-refractivity contribution in [3.05, 3.63) is 49.1 Å². The van der Waals surface area contributed by atoms with E-state index in [4.69, 9.17) is 0 Å². The number of benzene rings is 2. The van der Waals surface area contributed by atoms with Crippen LogP contribution in [0.3, 0.4) is 0 Å². The highest BCUT2D eigenvalue weighted by atomic mass is 32.2. The molecule has 0 saturated heterocycles. The van der Waals surface area contributed by atoms with E-state index in [1.54, 1.807) is 37.3 Å². The predicted octanol–water partition coefficient (Wildman–Crippen LogP) is 2.04. The van der Waals surface area contributed by atoms with E-state index in [2.05, 4.69) is 11.9 Å². The van der Waals surface area contributed by atoms with Gasteiger partial charge in [0.15, 0.2) is 0 Å². The fourth-order valence-corrected chi connectivity index (χ4v) is 4.63. The standard InChI is InChI=1S/C16H16N2O3S/c1-3-10-17-16(19)11(2)18-13-8-4-6-12-7-5-9-14(15(12)13)22(18,20)21/h3-9,11H,1,10H2,2H3,(H,17,19)/t11-/m1/s1. The molecule has 0 radical (unpaired) electrons. The van der Waals surface area contributed by atoms with Crippen molar-refractivity contribution in [2.75, 3.05) is 10.8 Å². The molecule has 0 bridgehead atoms. The summed E-state index contributed by atoms with van der Waals surface area (Å²) in [6.45, 7) is 5.42. The molecule has 2 aromatic rings. The summed E-state index contributed by atoms with van der Waals surface area (Å²) in [6.07, 6.45) is 1.55. The fourth-order valence-electron chi connectivity index (χ4n) is 2.77. The molecule has 3 rings (SSSR count). The molecule has 0 fully saturated rings. The summed E-state index contributed by atoms with van der Waals surface area (Å²) in [5.41, 5.74) is 0.550. The Morgan fingerprint density at radius 1 is 1.32 bits per heavy atom. The second-order valence-electron chi connectivity index (χ2n) is 5.14. The highest BCUT2D eigenvalue weighted by molar-refractivity contribution is 7.93. The second kappa shape index (κ2) is 5.14. The third-order valence-electron chi connectivity index (χ3n) is 3.77. The average molecular weight is 316 g/mol. The number of amides is 1. The largest absolute Gasteiger partial charge is 0.351 e. The van der Waals surface area contributed by atoms with Gasteiger partial charge < -0.3 is 5.32 Å². The van der Waals surface area contributed by atoms with Crippen LogP contribution in [0.25, 0.3) is 10.8 Å². The van der Waals surface area contributed by atoms with Gasteiger partial charge >= 0.3 is 0 Å². The molecule has 0 aliphatic carbocycles. The molecule has 0 spiro atoms. The molecule has 6 heteroatoms. The molecule has 1 amide bonds. The van der Waals surface area contributed by atoms with Crippen molar-refractivity contribution in [3.63, 3.8) is 0 Å². The number of carbonyl (C=O) groups excluding carboxylic acids is 1. The van der Waals surface area contributed by atoms with Crippen molar-refractivity contribution < 1.29 is 13.2 Å². The Kier molecular flexibility index (Phi) is 3.41. The van der Waals surface area contributed by atoms with Crippen molar-refractivity contribution in [2.24, 2.45) is 0 Å². The van der Waals surface area contributed by atoms with Crippen LogP contribution in [0.2, 0.25) is 0 Å². The predicted molar refractivity (Wildman–Crippen MR) is 86.3 cm³/mol. The first-order valence-electron chi connectivity index (χ1n) is 6.93. The van der Waals surface area contributed by atoms with E-state index in [0.29, 0.717) is 17.6 Å². The molecule has 1 aliphatic rings. The van der Waals surface area contributed by atoms with Gasteiger partial charge in [-0.25, -0.2) is 8.42 Å². The molecule has 114 valence electrons. The molecule has 2 aromatic carbocycles. The van der Waals surface area contributed by atoms with E-state index in [1.165, 1.54) is 4.31 Å². The van der Waals surface area contributed by atoms with E-state index in [1.807, 2.05) is 12.1 Å². The van der Waals surface area contributed by atoms with Crippen LogP contribution in [0.5, 0.6) is 0 Å². The molecule has 0 aromatic heterocycles. The summed E-state index contributed by atoms with van der Waals surface area (Å²) in [4.78, 5) is 12.4. The van der Waals surface area contributed by atoms with Gasteiger partial charge in [-0.2, -0.15) is 0 Å². The molecule has 1 aliphatic heterocycles. The molecule has 1 heterocycles. The Hall–Kier alpha value is -2.34. The van der Waals surface area contributed by atoms with Gasteiger partial charge in [0.2, 0.25) is 5.91 Å². The number of nitrogens with zero attached hydrogens (tertiary/aromatic N) is 1. The summed E-state index contributed by atoms with van der Waals surface area (Å²) < 4.78 is 26.8. The van der Waals surface area contributed by atoms with Crippen LogP contribution < -0.4 is 9.62 Å². The van der Waals surface area contributed by atoms with Crippen LogP contribution in [-0.4, -0.2) is 26.9 Å². The zero-order valence-corrected chi connectivity index (χ0v) is 12.9. The first-order chi connectivity index (χ1) is 10.5. The number of anilines is 1. The average Bonchev–Trinajstić information content (AvgIpc) is 2.74. The third kappa shape index (κ3) is 1.99. The lowest BCUT2D eigenvalue weighted by atomic mass is 10.1. The van der Waals surface area contributed by atoms with Crippen LogP contribution in [-0.2, 0) is 14.8 Å². The quantitative estimate of drug-likeness (QED) is 0.878. The van der Waals surface area contributed by atoms with Gasteiger partial charge in [0.25, 0.3) is 10.0 Å². The van der Waals surface area contributed by atoms with Gasteiger partial charge in [-0.1, -0.05) is 30.3 Å². The molecule has 1 N–H and O–H groups in total. The maximum atomic E-state index is 12.8. The van der Waals surface area contributed by atoms with Crippen molar-refractivity contribution >= 4 is 32.4 Å². The second-order valence-corrected chi connectivity index (χ2v) is 6.93. The van der Waals surface area contributed by atoms with Gasteiger partial charge in [-0.15, -0.1) is 6.58 Å². The topological polar surface area (TPSA) is 66.5 Å². The maximum absolute atomic E-state index is 12.8. The Bertz CT molecular complexity index is 869. The lowest BCUT2D eigenvalue weighted by molar-refractivity contribution is -0.121. The van der Waals surface area contributed by atoms with Crippen LogP contribution in [0, 0.1) is 0 Å². The van der Waals surface area contributed by atoms with Gasteiger partial charge in [-0.3, -0.25) is 9.10 Å². The van der Waals surface area contributed by atoms with Crippen molar-refractivity contribution in [1.29, 1.82) is 0 Å². The minimum Gasteiger partial charge on any atom is -0.351 e. The Balaban J connectivity index is 2.13. The van der Waals surface area contributed by atoms with Gasteiger partial charge in [0, 0.05) is 11.9 Å². The maximum Gasteiger partial charge on any atom is 0.265 e. The lowest BCUT2D eigenvalue weighted by Crippen LogP contribution is -2.46. The van der Waals surface area contributed by atoms with E-state index < -0.39 is 16.1 Å². The van der Waals surface area contributed by atoms with E-state index in [0.717, 1.165) is 5.39 Å². The summed E-state index contributed by atoms with van der Waals surface area (Å²) in [5, 5.41) is 4.16. The zero-order chi connectivity index (χ0) is 15.9. The number of sulfonamides is 1. The van der Waals surface area contributed by atoms with Gasteiger partial charge in [0.1, 0.15) is 6.04 Å². The number of carbonyl (C=O) groups is 1. The minimum atomic E-state index is -3.72. The van der Waals surface area contributed by atoms with E-state index >= 15 is 0 Å². The molecule has 1 atom stereocenters. The Labute approximate surface area is 129 Å². The number of hydrogen-bond donors (Lipinski definition) is 1. The number of hydrogen-bond acceptors (Lipinski definition) is 3. The van der Waals surface area contributed by atoms with E-state index in [-0.39, 0.29) is 10.8 Å². The molecule has 0 saturated carbocycles. The molecule has 5 nitrogen and oxygen atoms in total. The van der Waals surface area contributed by atoms with Crippen molar-refractivity contribution in [1.82, 2.24) is 5.32 Å². The summed E-state index contributed by atoms with van der Waals surface area (Å²) in [6, 6.07) is 9.72. The van der Waals surface area contributed by atoms with Crippen LogP contribution in [0.15, 0.2) is 53.9 Å². The SMILES string of the molecule is C=CCNC(=O)[C@@H](C)N1c2cccc3cccc(c23)S1(=O)=O. The number of rotatable bonds is 4. The van der Waals surface area contributed by atoms with Crippen molar-refractivity contribution in [2.45, 2.75) is 17.9 Å². The third-order valence-corrected chi connectivity index (χ3v) is 5.70. The molecular weight excluding hydrogens is 300 g/mol. The highest BCUT2D eigenvalue weighted by Crippen LogP contribution is 2.42. The van der Waals surface area contributed by atoms with Crippen LogP contribution in [0.4, 0.5) is 5.69 Å². The number of nitrogens with one attached hydrogen (secondary N) is 1.